The molecule has 1 aromatic carbocycles. The SMILES string of the molecule is CCOc1ccc2nc(SCC(=O)N[C@@H]3CCC[C@H](C)[C@@H]3C)sc2c1. The van der Waals surface area contributed by atoms with Gasteiger partial charge in [0.15, 0.2) is 4.34 Å². The van der Waals surface area contributed by atoms with Crippen LogP contribution in [0.15, 0.2) is 22.5 Å². The Hall–Kier alpha value is -1.27. The topological polar surface area (TPSA) is 51.2 Å². The molecular formula is C19H26N2O2S2. The maximum atomic E-state index is 12.3. The van der Waals surface area contributed by atoms with Crippen LogP contribution in [0.5, 0.6) is 5.75 Å². The average Bonchev–Trinajstić information content (AvgIpc) is 3.00. The highest BCUT2D eigenvalue weighted by molar-refractivity contribution is 8.01. The van der Waals surface area contributed by atoms with E-state index in [0.717, 1.165) is 26.7 Å². The molecule has 4 nitrogen and oxygen atoms in total. The zero-order valence-corrected chi connectivity index (χ0v) is 16.7. The van der Waals surface area contributed by atoms with Crippen molar-refractivity contribution in [2.75, 3.05) is 12.4 Å². The highest BCUT2D eigenvalue weighted by atomic mass is 32.2. The minimum atomic E-state index is 0.116. The van der Waals surface area contributed by atoms with Crippen molar-refractivity contribution in [2.45, 2.75) is 50.4 Å². The monoisotopic (exact) mass is 378 g/mol. The van der Waals surface area contributed by atoms with E-state index < -0.39 is 0 Å². The Morgan fingerprint density at radius 3 is 3.04 bits per heavy atom. The number of thiazole rings is 1. The maximum absolute atomic E-state index is 12.3. The molecule has 1 fully saturated rings. The molecule has 0 bridgehead atoms. The Bertz CT molecular complexity index is 731. The first-order chi connectivity index (χ1) is 12.1. The minimum absolute atomic E-state index is 0.116. The Labute approximate surface area is 157 Å². The Morgan fingerprint density at radius 1 is 1.40 bits per heavy atom. The molecule has 136 valence electrons. The summed E-state index contributed by atoms with van der Waals surface area (Å²) in [6.45, 7) is 7.18. The molecule has 25 heavy (non-hydrogen) atoms. The van der Waals surface area contributed by atoms with Crippen molar-refractivity contribution in [1.29, 1.82) is 0 Å². The van der Waals surface area contributed by atoms with Crippen LogP contribution in [0.25, 0.3) is 10.2 Å². The van der Waals surface area contributed by atoms with Gasteiger partial charge < -0.3 is 10.1 Å². The van der Waals surface area contributed by atoms with E-state index in [1.165, 1.54) is 24.6 Å². The van der Waals surface area contributed by atoms with Crippen LogP contribution < -0.4 is 10.1 Å². The predicted octanol–water partition coefficient (Wildman–Crippen LogP) is 4.73. The molecule has 0 unspecified atom stereocenters. The third-order valence-corrected chi connectivity index (χ3v) is 7.19. The van der Waals surface area contributed by atoms with E-state index in [0.29, 0.717) is 30.2 Å². The van der Waals surface area contributed by atoms with Crippen LogP contribution in [0.3, 0.4) is 0 Å². The van der Waals surface area contributed by atoms with Gasteiger partial charge in [0, 0.05) is 6.04 Å². The average molecular weight is 379 g/mol. The highest BCUT2D eigenvalue weighted by Gasteiger charge is 2.28. The number of nitrogens with one attached hydrogen (secondary N) is 1. The first-order valence-electron chi connectivity index (χ1n) is 9.02. The number of hydrogen-bond donors (Lipinski definition) is 1. The Kier molecular flexibility index (Phi) is 6.23. The molecule has 0 aliphatic heterocycles. The van der Waals surface area contributed by atoms with E-state index >= 15 is 0 Å². The van der Waals surface area contributed by atoms with Gasteiger partial charge in [-0.05, 0) is 43.4 Å². The number of amides is 1. The lowest BCUT2D eigenvalue weighted by atomic mass is 9.78. The molecule has 6 heteroatoms. The molecule has 0 spiro atoms. The molecule has 1 amide bonds. The second kappa shape index (κ2) is 8.41. The summed E-state index contributed by atoms with van der Waals surface area (Å²) in [5, 5.41) is 3.23. The van der Waals surface area contributed by atoms with Crippen LogP contribution in [0.2, 0.25) is 0 Å². The molecule has 3 rings (SSSR count). The number of hydrogen-bond acceptors (Lipinski definition) is 5. The van der Waals surface area contributed by atoms with E-state index in [2.05, 4.69) is 24.1 Å². The number of carbonyl (C=O) groups excluding carboxylic acids is 1. The largest absolute Gasteiger partial charge is 0.494 e. The summed E-state index contributed by atoms with van der Waals surface area (Å²) in [7, 11) is 0. The number of nitrogens with zero attached hydrogens (tertiary/aromatic N) is 1. The molecule has 1 heterocycles. The molecule has 1 N–H and O–H groups in total. The zero-order valence-electron chi connectivity index (χ0n) is 15.1. The van der Waals surface area contributed by atoms with Gasteiger partial charge in [0.2, 0.25) is 5.91 Å². The summed E-state index contributed by atoms with van der Waals surface area (Å²) >= 11 is 3.14. The molecule has 2 aromatic rings. The number of aromatic nitrogens is 1. The summed E-state index contributed by atoms with van der Waals surface area (Å²) in [5.74, 6) is 2.66. The fourth-order valence-corrected chi connectivity index (χ4v) is 5.27. The lowest BCUT2D eigenvalue weighted by Gasteiger charge is -2.34. The number of thioether (sulfide) groups is 1. The maximum Gasteiger partial charge on any atom is 0.230 e. The van der Waals surface area contributed by atoms with Crippen molar-refractivity contribution in [1.82, 2.24) is 10.3 Å². The lowest BCUT2D eigenvalue weighted by Crippen LogP contribution is -2.44. The van der Waals surface area contributed by atoms with Crippen LogP contribution in [0, 0.1) is 11.8 Å². The van der Waals surface area contributed by atoms with E-state index in [4.69, 9.17) is 4.74 Å². The van der Waals surface area contributed by atoms with Gasteiger partial charge in [-0.3, -0.25) is 4.79 Å². The first kappa shape index (κ1) is 18.5. The molecule has 3 atom stereocenters. The van der Waals surface area contributed by atoms with E-state index in [-0.39, 0.29) is 5.91 Å². The summed E-state index contributed by atoms with van der Waals surface area (Å²) in [4.78, 5) is 16.9. The van der Waals surface area contributed by atoms with Gasteiger partial charge >= 0.3 is 0 Å². The van der Waals surface area contributed by atoms with Gasteiger partial charge in [-0.1, -0.05) is 38.5 Å². The fraction of sp³-hybridized carbons (Fsp3) is 0.579. The molecular weight excluding hydrogens is 352 g/mol. The third kappa shape index (κ3) is 4.67. The second-order valence-corrected chi connectivity index (χ2v) is 9.03. The van der Waals surface area contributed by atoms with Crippen molar-refractivity contribution in [3.05, 3.63) is 18.2 Å². The molecule has 1 saturated carbocycles. The summed E-state index contributed by atoms with van der Waals surface area (Å²) in [5.41, 5.74) is 0.964. The van der Waals surface area contributed by atoms with Gasteiger partial charge in [0.1, 0.15) is 5.75 Å². The van der Waals surface area contributed by atoms with Gasteiger partial charge in [0.05, 0.1) is 22.6 Å². The minimum Gasteiger partial charge on any atom is -0.494 e. The molecule has 1 aliphatic rings. The molecule has 1 aliphatic carbocycles. The smallest absolute Gasteiger partial charge is 0.230 e. The van der Waals surface area contributed by atoms with Gasteiger partial charge in [-0.15, -0.1) is 11.3 Å². The lowest BCUT2D eigenvalue weighted by molar-refractivity contribution is -0.119. The highest BCUT2D eigenvalue weighted by Crippen LogP contribution is 2.32. The number of benzene rings is 1. The van der Waals surface area contributed by atoms with Crippen molar-refractivity contribution in [3.63, 3.8) is 0 Å². The molecule has 1 aromatic heterocycles. The predicted molar refractivity (Wildman–Crippen MR) is 106 cm³/mol. The number of rotatable bonds is 6. The first-order valence-corrected chi connectivity index (χ1v) is 10.8. The van der Waals surface area contributed by atoms with Crippen LogP contribution in [-0.4, -0.2) is 29.3 Å². The normalized spacial score (nSPS) is 23.6. The Balaban J connectivity index is 1.55. The van der Waals surface area contributed by atoms with E-state index in [1.807, 2.05) is 25.1 Å². The van der Waals surface area contributed by atoms with Gasteiger partial charge in [-0.25, -0.2) is 4.98 Å². The van der Waals surface area contributed by atoms with Crippen LogP contribution in [-0.2, 0) is 4.79 Å². The van der Waals surface area contributed by atoms with Gasteiger partial charge in [-0.2, -0.15) is 0 Å². The van der Waals surface area contributed by atoms with Crippen LogP contribution in [0.1, 0.15) is 40.0 Å². The summed E-state index contributed by atoms with van der Waals surface area (Å²) in [6, 6.07) is 6.26. The van der Waals surface area contributed by atoms with Crippen LogP contribution in [0.4, 0.5) is 0 Å². The molecule has 0 saturated heterocycles. The van der Waals surface area contributed by atoms with Crippen molar-refractivity contribution >= 4 is 39.2 Å². The van der Waals surface area contributed by atoms with Crippen molar-refractivity contribution in [2.24, 2.45) is 11.8 Å². The Morgan fingerprint density at radius 2 is 2.24 bits per heavy atom. The summed E-state index contributed by atoms with van der Waals surface area (Å²) < 4.78 is 7.57. The number of carbonyl (C=O) groups is 1. The number of fused-ring (bicyclic) bond motifs is 1. The van der Waals surface area contributed by atoms with Gasteiger partial charge in [0.25, 0.3) is 0 Å². The second-order valence-electron chi connectivity index (χ2n) is 6.77. The summed E-state index contributed by atoms with van der Waals surface area (Å²) in [6.07, 6.45) is 3.59. The van der Waals surface area contributed by atoms with E-state index in [9.17, 15) is 4.79 Å². The van der Waals surface area contributed by atoms with E-state index in [1.54, 1.807) is 11.3 Å². The quantitative estimate of drug-likeness (QED) is 0.739. The molecule has 0 radical (unpaired) electrons. The van der Waals surface area contributed by atoms with Crippen LogP contribution >= 0.6 is 23.1 Å². The van der Waals surface area contributed by atoms with Crippen molar-refractivity contribution in [3.8, 4) is 5.75 Å². The third-order valence-electron chi connectivity index (χ3n) is 5.03. The fourth-order valence-electron chi connectivity index (χ4n) is 3.36. The number of ether oxygens (including phenoxy) is 1. The van der Waals surface area contributed by atoms with Crippen molar-refractivity contribution < 1.29 is 9.53 Å². The zero-order chi connectivity index (χ0) is 17.8. The standard InChI is InChI=1S/C19H26N2O2S2/c1-4-23-14-8-9-16-17(10-14)25-19(21-16)24-11-18(22)20-15-7-5-6-12(2)13(15)3/h8-10,12-13,15H,4-7,11H2,1-3H3,(H,20,22)/t12-,13-,15+/m0/s1.